The number of hydrogen-bond donors (Lipinski definition) is 1. The molecular weight excluding hydrogens is 454 g/mol. The number of carbonyl (C=O) groups is 2. The van der Waals surface area contributed by atoms with E-state index >= 15 is 0 Å². The molecule has 34 heavy (non-hydrogen) atoms. The zero-order valence-electron chi connectivity index (χ0n) is 18.9. The van der Waals surface area contributed by atoms with Crippen LogP contribution in [0.1, 0.15) is 46.7 Å². The van der Waals surface area contributed by atoms with E-state index in [1.807, 2.05) is 47.4 Å². The van der Waals surface area contributed by atoms with Gasteiger partial charge in [-0.25, -0.2) is 4.79 Å². The van der Waals surface area contributed by atoms with Crippen LogP contribution < -0.4 is 5.32 Å². The molecule has 0 spiro atoms. The van der Waals surface area contributed by atoms with Crippen molar-refractivity contribution in [3.8, 4) is 11.3 Å². The van der Waals surface area contributed by atoms with Gasteiger partial charge in [-0.1, -0.05) is 24.3 Å². The number of ether oxygens (including phenoxy) is 2. The molecule has 0 radical (unpaired) electrons. The maximum absolute atomic E-state index is 12.3. The number of pyridine rings is 1. The number of aromatic nitrogens is 1. The lowest BCUT2D eigenvalue weighted by atomic mass is 10.0. The van der Waals surface area contributed by atoms with Crippen molar-refractivity contribution in [2.45, 2.75) is 24.9 Å². The molecular formula is C25H25N3O5S. The van der Waals surface area contributed by atoms with Gasteiger partial charge < -0.3 is 24.1 Å². The quantitative estimate of drug-likeness (QED) is 0.379. The van der Waals surface area contributed by atoms with Gasteiger partial charge >= 0.3 is 11.9 Å². The van der Waals surface area contributed by atoms with Crippen LogP contribution in [0.2, 0.25) is 0 Å². The third-order valence-corrected chi connectivity index (χ3v) is 6.07. The molecule has 2 atom stereocenters. The summed E-state index contributed by atoms with van der Waals surface area (Å²) in [6, 6.07) is 16.0. The molecule has 1 aromatic carbocycles. The lowest BCUT2D eigenvalue weighted by Gasteiger charge is -2.26. The van der Waals surface area contributed by atoms with Gasteiger partial charge in [0, 0.05) is 24.7 Å². The molecule has 1 saturated heterocycles. The first-order chi connectivity index (χ1) is 16.5. The van der Waals surface area contributed by atoms with Crippen molar-refractivity contribution in [1.82, 2.24) is 15.2 Å². The number of rotatable bonds is 8. The number of esters is 2. The number of methoxy groups -OCH3 is 2. The van der Waals surface area contributed by atoms with E-state index in [0.717, 1.165) is 5.69 Å². The standard InChI is InChI=1S/C25H25N3O5S/c1-31-21(29)11-7-15-28-23(22(27-25(28)34)18-10-5-6-14-26-18)20-13-12-19(33-20)16-8-3-4-9-17(16)24(30)32-2/h3-6,8-10,12-14,22-23H,7,11,15H2,1-2H3,(H,27,34)/t22-,23-/m1/s1. The first-order valence-corrected chi connectivity index (χ1v) is 11.3. The molecule has 1 aliphatic rings. The van der Waals surface area contributed by atoms with Crippen LogP contribution in [0, 0.1) is 0 Å². The van der Waals surface area contributed by atoms with Crippen LogP contribution in [-0.4, -0.2) is 47.7 Å². The Morgan fingerprint density at radius 1 is 1.09 bits per heavy atom. The van der Waals surface area contributed by atoms with Crippen LogP contribution in [0.3, 0.4) is 0 Å². The summed E-state index contributed by atoms with van der Waals surface area (Å²) in [6.45, 7) is 0.531. The molecule has 176 valence electrons. The molecule has 9 heteroatoms. The molecule has 0 saturated carbocycles. The highest BCUT2D eigenvalue weighted by Crippen LogP contribution is 2.41. The van der Waals surface area contributed by atoms with E-state index in [4.69, 9.17) is 26.1 Å². The predicted octanol–water partition coefficient (Wildman–Crippen LogP) is 4.05. The van der Waals surface area contributed by atoms with Gasteiger partial charge in [-0.3, -0.25) is 9.78 Å². The van der Waals surface area contributed by atoms with Crippen molar-refractivity contribution in [2.24, 2.45) is 0 Å². The average molecular weight is 480 g/mol. The largest absolute Gasteiger partial charge is 0.469 e. The number of carbonyl (C=O) groups excluding carboxylic acids is 2. The van der Waals surface area contributed by atoms with E-state index in [2.05, 4.69) is 10.3 Å². The molecule has 1 N–H and O–H groups in total. The molecule has 0 bridgehead atoms. The van der Waals surface area contributed by atoms with Crippen LogP contribution in [0.15, 0.2) is 65.2 Å². The minimum absolute atomic E-state index is 0.248. The second-order valence-corrected chi connectivity index (χ2v) is 8.13. The second kappa shape index (κ2) is 10.5. The second-order valence-electron chi connectivity index (χ2n) is 7.74. The fourth-order valence-corrected chi connectivity index (χ4v) is 4.43. The lowest BCUT2D eigenvalue weighted by Crippen LogP contribution is -2.30. The number of hydrogen-bond acceptors (Lipinski definition) is 7. The summed E-state index contributed by atoms with van der Waals surface area (Å²) >= 11 is 5.64. The van der Waals surface area contributed by atoms with Crippen molar-refractivity contribution in [3.05, 3.63) is 77.8 Å². The molecule has 3 aromatic rings. The minimum atomic E-state index is -0.437. The summed E-state index contributed by atoms with van der Waals surface area (Å²) in [5, 5.41) is 3.91. The van der Waals surface area contributed by atoms with Gasteiger partial charge in [0.1, 0.15) is 17.6 Å². The van der Waals surface area contributed by atoms with Gasteiger partial charge in [0.2, 0.25) is 0 Å². The molecule has 0 amide bonds. The highest BCUT2D eigenvalue weighted by atomic mass is 32.1. The Morgan fingerprint density at radius 3 is 2.62 bits per heavy atom. The molecule has 8 nitrogen and oxygen atoms in total. The zero-order chi connectivity index (χ0) is 24.1. The third-order valence-electron chi connectivity index (χ3n) is 5.72. The normalized spacial score (nSPS) is 17.4. The number of furan rings is 1. The summed E-state index contributed by atoms with van der Waals surface area (Å²) in [4.78, 5) is 30.4. The smallest absolute Gasteiger partial charge is 0.338 e. The Bertz CT molecular complexity index is 1180. The Hall–Kier alpha value is -3.72. The van der Waals surface area contributed by atoms with Crippen LogP contribution >= 0.6 is 12.2 Å². The van der Waals surface area contributed by atoms with Gasteiger partial charge in [0.15, 0.2) is 5.11 Å². The number of benzene rings is 1. The summed E-state index contributed by atoms with van der Waals surface area (Å²) in [5.74, 6) is 0.502. The van der Waals surface area contributed by atoms with Crippen molar-refractivity contribution < 1.29 is 23.5 Å². The highest BCUT2D eigenvalue weighted by Gasteiger charge is 2.41. The van der Waals surface area contributed by atoms with E-state index in [0.29, 0.717) is 40.7 Å². The molecule has 2 aromatic heterocycles. The minimum Gasteiger partial charge on any atom is -0.469 e. The van der Waals surface area contributed by atoms with Crippen LogP contribution in [0.4, 0.5) is 0 Å². The predicted molar refractivity (Wildman–Crippen MR) is 129 cm³/mol. The monoisotopic (exact) mass is 479 g/mol. The molecule has 4 rings (SSSR count). The average Bonchev–Trinajstić information content (AvgIpc) is 3.48. The molecule has 0 aliphatic carbocycles. The van der Waals surface area contributed by atoms with Gasteiger partial charge in [0.25, 0.3) is 0 Å². The van der Waals surface area contributed by atoms with E-state index < -0.39 is 5.97 Å². The maximum atomic E-state index is 12.3. The Morgan fingerprint density at radius 2 is 1.88 bits per heavy atom. The Balaban J connectivity index is 1.68. The SMILES string of the molecule is COC(=O)CCCN1C(=S)N[C@H](c2ccccn2)[C@H]1c1ccc(-c2ccccc2C(=O)OC)o1. The van der Waals surface area contributed by atoms with Crippen LogP contribution in [0.5, 0.6) is 0 Å². The van der Waals surface area contributed by atoms with E-state index in [-0.39, 0.29) is 24.5 Å². The Kier molecular flexibility index (Phi) is 7.22. The fraction of sp³-hybridized carbons (Fsp3) is 0.280. The molecule has 1 fully saturated rings. The number of nitrogens with zero attached hydrogens (tertiary/aromatic N) is 2. The lowest BCUT2D eigenvalue weighted by molar-refractivity contribution is -0.140. The highest BCUT2D eigenvalue weighted by molar-refractivity contribution is 7.80. The van der Waals surface area contributed by atoms with Gasteiger partial charge in [0.05, 0.1) is 31.5 Å². The van der Waals surface area contributed by atoms with Crippen molar-refractivity contribution in [3.63, 3.8) is 0 Å². The Labute approximate surface area is 202 Å². The van der Waals surface area contributed by atoms with Crippen LogP contribution in [-0.2, 0) is 14.3 Å². The van der Waals surface area contributed by atoms with Crippen molar-refractivity contribution in [1.29, 1.82) is 0 Å². The fourth-order valence-electron chi connectivity index (χ4n) is 4.09. The van der Waals surface area contributed by atoms with Gasteiger partial charge in [-0.05, 0) is 49.0 Å². The van der Waals surface area contributed by atoms with Gasteiger partial charge in [-0.2, -0.15) is 0 Å². The molecule has 1 aliphatic heterocycles. The topological polar surface area (TPSA) is 93.9 Å². The first kappa shape index (κ1) is 23.4. The summed E-state index contributed by atoms with van der Waals surface area (Å²) < 4.78 is 16.0. The number of thiocarbonyl (C=S) groups is 1. The maximum Gasteiger partial charge on any atom is 0.338 e. The summed E-state index contributed by atoms with van der Waals surface area (Å²) in [7, 11) is 2.72. The van der Waals surface area contributed by atoms with E-state index in [1.165, 1.54) is 14.2 Å². The zero-order valence-corrected chi connectivity index (χ0v) is 19.7. The van der Waals surface area contributed by atoms with E-state index in [9.17, 15) is 9.59 Å². The number of nitrogens with one attached hydrogen (secondary N) is 1. The summed E-state index contributed by atoms with van der Waals surface area (Å²) in [6.07, 6.45) is 2.59. The van der Waals surface area contributed by atoms with E-state index in [1.54, 1.807) is 18.3 Å². The summed E-state index contributed by atoms with van der Waals surface area (Å²) in [5.41, 5.74) is 1.88. The van der Waals surface area contributed by atoms with Crippen LogP contribution in [0.25, 0.3) is 11.3 Å². The molecule has 0 unspecified atom stereocenters. The third kappa shape index (κ3) is 4.79. The van der Waals surface area contributed by atoms with Gasteiger partial charge in [-0.15, -0.1) is 0 Å². The van der Waals surface area contributed by atoms with Crippen molar-refractivity contribution in [2.75, 3.05) is 20.8 Å². The molecule has 3 heterocycles. The van der Waals surface area contributed by atoms with Crippen molar-refractivity contribution >= 4 is 29.3 Å². The first-order valence-electron chi connectivity index (χ1n) is 10.9.